The highest BCUT2D eigenvalue weighted by Gasteiger charge is 2.14. The van der Waals surface area contributed by atoms with Gasteiger partial charge in [-0.25, -0.2) is 9.59 Å². The number of rotatable bonds is 8. The van der Waals surface area contributed by atoms with Gasteiger partial charge in [0.15, 0.2) is 11.5 Å². The molecule has 0 unspecified atom stereocenters. The molecule has 0 aliphatic rings. The van der Waals surface area contributed by atoms with Gasteiger partial charge in [0, 0.05) is 20.2 Å². The van der Waals surface area contributed by atoms with Gasteiger partial charge >= 0.3 is 11.7 Å². The van der Waals surface area contributed by atoms with Gasteiger partial charge in [-0.1, -0.05) is 13.8 Å². The maximum atomic E-state index is 12.4. The molecule has 0 spiro atoms. The van der Waals surface area contributed by atoms with Crippen molar-refractivity contribution in [2.75, 3.05) is 13.7 Å². The minimum absolute atomic E-state index is 0.199. The summed E-state index contributed by atoms with van der Waals surface area (Å²) in [6, 6.07) is 6.04. The van der Waals surface area contributed by atoms with Crippen LogP contribution in [-0.4, -0.2) is 28.8 Å². The predicted molar refractivity (Wildman–Crippen MR) is 104 cm³/mol. The molecule has 1 aromatic heterocycles. The highest BCUT2D eigenvalue weighted by atomic mass is 16.5. The van der Waals surface area contributed by atoms with Crippen LogP contribution in [0.2, 0.25) is 0 Å². The van der Waals surface area contributed by atoms with E-state index < -0.39 is 17.2 Å². The van der Waals surface area contributed by atoms with Crippen LogP contribution >= 0.6 is 0 Å². The molecule has 0 saturated heterocycles. The number of hydrogen-bond acceptors (Lipinski definition) is 6. The first-order valence-electron chi connectivity index (χ1n) is 8.98. The van der Waals surface area contributed by atoms with E-state index in [-0.39, 0.29) is 12.2 Å². The first-order chi connectivity index (χ1) is 13.2. The summed E-state index contributed by atoms with van der Waals surface area (Å²) in [7, 11) is 4.39. The Bertz CT molecular complexity index is 958. The summed E-state index contributed by atoms with van der Waals surface area (Å²) in [6.07, 6.45) is 0.905. The maximum absolute atomic E-state index is 12.4. The molecule has 0 aliphatic heterocycles. The molecule has 8 nitrogen and oxygen atoms in total. The zero-order valence-corrected chi connectivity index (χ0v) is 16.9. The number of carbonyl (C=O) groups excluding carboxylic acids is 1. The minimum Gasteiger partial charge on any atom is -0.493 e. The molecule has 2 rings (SSSR count). The Hall–Kier alpha value is -3.03. The van der Waals surface area contributed by atoms with Crippen molar-refractivity contribution in [3.8, 4) is 11.5 Å². The molecule has 1 heterocycles. The number of nitrogens with zero attached hydrogens (tertiary/aromatic N) is 2. The van der Waals surface area contributed by atoms with E-state index in [9.17, 15) is 14.4 Å². The third-order valence-electron chi connectivity index (χ3n) is 4.33. The lowest BCUT2D eigenvalue weighted by atomic mass is 10.1. The number of ether oxygens (including phenoxy) is 3. The second kappa shape index (κ2) is 9.25. The Morgan fingerprint density at radius 3 is 2.43 bits per heavy atom. The van der Waals surface area contributed by atoms with Gasteiger partial charge in [0.2, 0.25) is 0 Å². The number of benzene rings is 1. The van der Waals surface area contributed by atoms with Gasteiger partial charge in [0.25, 0.3) is 5.56 Å². The smallest absolute Gasteiger partial charge is 0.338 e. The van der Waals surface area contributed by atoms with Crippen molar-refractivity contribution in [3.05, 3.63) is 56.4 Å². The van der Waals surface area contributed by atoms with Gasteiger partial charge in [-0.15, -0.1) is 0 Å². The molecule has 0 radical (unpaired) electrons. The van der Waals surface area contributed by atoms with Crippen LogP contribution in [0.4, 0.5) is 0 Å². The zero-order valence-electron chi connectivity index (χ0n) is 16.9. The highest BCUT2D eigenvalue weighted by Crippen LogP contribution is 2.28. The third kappa shape index (κ3) is 5.03. The van der Waals surface area contributed by atoms with E-state index >= 15 is 0 Å². The van der Waals surface area contributed by atoms with Gasteiger partial charge in [-0.2, -0.15) is 0 Å². The van der Waals surface area contributed by atoms with E-state index in [0.717, 1.165) is 11.0 Å². The van der Waals surface area contributed by atoms with Gasteiger partial charge in [-0.3, -0.25) is 13.9 Å². The Morgan fingerprint density at radius 2 is 1.79 bits per heavy atom. The summed E-state index contributed by atoms with van der Waals surface area (Å²) in [4.78, 5) is 36.0. The third-order valence-corrected chi connectivity index (χ3v) is 4.33. The average molecular weight is 390 g/mol. The molecule has 0 aliphatic carbocycles. The van der Waals surface area contributed by atoms with Crippen LogP contribution in [0.25, 0.3) is 0 Å². The fourth-order valence-corrected chi connectivity index (χ4v) is 2.46. The van der Waals surface area contributed by atoms with Crippen molar-refractivity contribution < 1.29 is 19.0 Å². The summed E-state index contributed by atoms with van der Waals surface area (Å²) in [6.45, 7) is 4.57. The molecule has 0 fully saturated rings. The number of aromatic nitrogens is 2. The second-order valence-corrected chi connectivity index (χ2v) is 6.85. The van der Waals surface area contributed by atoms with Crippen molar-refractivity contribution in [1.82, 2.24) is 9.13 Å². The molecule has 0 saturated carbocycles. The minimum atomic E-state index is -0.597. The SMILES string of the molecule is COc1cc(C(=O)OCc2cc(=O)n(C)c(=O)n2C)ccc1OCCC(C)C. The van der Waals surface area contributed by atoms with Crippen LogP contribution < -0.4 is 20.7 Å². The van der Waals surface area contributed by atoms with Crippen LogP contribution in [0.3, 0.4) is 0 Å². The molecule has 2 aromatic rings. The van der Waals surface area contributed by atoms with E-state index in [2.05, 4.69) is 13.8 Å². The number of methoxy groups -OCH3 is 1. The molecule has 0 bridgehead atoms. The summed E-state index contributed by atoms with van der Waals surface area (Å²) >= 11 is 0. The highest BCUT2D eigenvalue weighted by molar-refractivity contribution is 5.90. The Labute approximate surface area is 163 Å². The Kier molecular flexibility index (Phi) is 7.03. The molecule has 8 heteroatoms. The summed E-state index contributed by atoms with van der Waals surface area (Å²) in [5.74, 6) is 0.902. The van der Waals surface area contributed by atoms with E-state index in [4.69, 9.17) is 14.2 Å². The molecular formula is C20H26N2O6. The van der Waals surface area contributed by atoms with Crippen molar-refractivity contribution >= 4 is 5.97 Å². The Morgan fingerprint density at radius 1 is 1.07 bits per heavy atom. The topological polar surface area (TPSA) is 88.8 Å². The van der Waals surface area contributed by atoms with E-state index in [1.165, 1.54) is 37.9 Å². The standard InChI is InChI=1S/C20H26N2O6/c1-13(2)8-9-27-16-7-6-14(10-17(16)26-5)19(24)28-12-15-11-18(23)22(4)20(25)21(15)3/h6-7,10-11,13H,8-9,12H2,1-5H3. The molecule has 1 aromatic carbocycles. The van der Waals surface area contributed by atoms with E-state index in [1.807, 2.05) is 0 Å². The monoisotopic (exact) mass is 390 g/mol. The van der Waals surface area contributed by atoms with E-state index in [1.54, 1.807) is 12.1 Å². The number of hydrogen-bond donors (Lipinski definition) is 0. The van der Waals surface area contributed by atoms with E-state index in [0.29, 0.717) is 29.7 Å². The molecule has 152 valence electrons. The second-order valence-electron chi connectivity index (χ2n) is 6.85. The van der Waals surface area contributed by atoms with Crippen LogP contribution in [0.5, 0.6) is 11.5 Å². The van der Waals surface area contributed by atoms with Crippen LogP contribution in [0.1, 0.15) is 36.3 Å². The van der Waals surface area contributed by atoms with Crippen molar-refractivity contribution in [2.45, 2.75) is 26.9 Å². The van der Waals surface area contributed by atoms with Gasteiger partial charge in [-0.05, 0) is 30.5 Å². The lowest BCUT2D eigenvalue weighted by Crippen LogP contribution is -2.38. The summed E-state index contributed by atoms with van der Waals surface area (Å²) in [5, 5.41) is 0. The normalized spacial score (nSPS) is 10.8. The average Bonchev–Trinajstić information content (AvgIpc) is 2.67. The molecule has 0 atom stereocenters. The predicted octanol–water partition coefficient (Wildman–Crippen LogP) is 1.87. The lowest BCUT2D eigenvalue weighted by molar-refractivity contribution is 0.0462. The van der Waals surface area contributed by atoms with Gasteiger partial charge in [0.05, 0.1) is 25.0 Å². The molecule has 0 amide bonds. The fraction of sp³-hybridized carbons (Fsp3) is 0.450. The molecular weight excluding hydrogens is 364 g/mol. The van der Waals surface area contributed by atoms with Gasteiger partial charge < -0.3 is 14.2 Å². The van der Waals surface area contributed by atoms with Crippen molar-refractivity contribution in [3.63, 3.8) is 0 Å². The van der Waals surface area contributed by atoms with Crippen molar-refractivity contribution in [1.29, 1.82) is 0 Å². The fourth-order valence-electron chi connectivity index (χ4n) is 2.46. The van der Waals surface area contributed by atoms with Crippen LogP contribution in [-0.2, 0) is 25.4 Å². The summed E-state index contributed by atoms with van der Waals surface area (Å²) < 4.78 is 18.5. The van der Waals surface area contributed by atoms with Crippen LogP contribution in [0, 0.1) is 5.92 Å². The Balaban J connectivity index is 2.10. The number of esters is 1. The molecule has 0 N–H and O–H groups in total. The largest absolute Gasteiger partial charge is 0.493 e. The number of carbonyl (C=O) groups is 1. The van der Waals surface area contributed by atoms with Gasteiger partial charge in [0.1, 0.15) is 6.61 Å². The quantitative estimate of drug-likeness (QED) is 0.640. The lowest BCUT2D eigenvalue weighted by Gasteiger charge is -2.13. The first-order valence-corrected chi connectivity index (χ1v) is 8.98. The van der Waals surface area contributed by atoms with Crippen molar-refractivity contribution in [2.24, 2.45) is 20.0 Å². The molecule has 28 heavy (non-hydrogen) atoms. The van der Waals surface area contributed by atoms with Crippen LogP contribution in [0.15, 0.2) is 33.9 Å². The summed E-state index contributed by atoms with van der Waals surface area (Å²) in [5.41, 5.74) is -0.356. The maximum Gasteiger partial charge on any atom is 0.338 e. The zero-order chi connectivity index (χ0) is 20.8. The first kappa shape index (κ1) is 21.3.